The summed E-state index contributed by atoms with van der Waals surface area (Å²) < 4.78 is 0. The van der Waals surface area contributed by atoms with Gasteiger partial charge in [-0.05, 0) is 83.5 Å². The molecule has 242 valence electrons. The van der Waals surface area contributed by atoms with Gasteiger partial charge in [-0.1, -0.05) is 176 Å². The number of fused-ring (bicyclic) bond motifs is 4. The van der Waals surface area contributed by atoms with Crippen molar-refractivity contribution in [3.05, 3.63) is 194 Å². The van der Waals surface area contributed by atoms with Crippen molar-refractivity contribution < 1.29 is 0 Å². The lowest BCUT2D eigenvalue weighted by atomic mass is 9.92. The SMILES string of the molecule is c1ccc(-c2cccc3cccc(-c4cc(-c5cccc6ccccc56)nc(-c5ccc6cc(-c7cccc8ccccc78)ccc6c5)n4)c23)cc1. The fourth-order valence-corrected chi connectivity index (χ4v) is 7.74. The summed E-state index contributed by atoms with van der Waals surface area (Å²) >= 11 is 0. The Kier molecular flexibility index (Phi) is 7.18. The van der Waals surface area contributed by atoms with Crippen molar-refractivity contribution in [2.75, 3.05) is 0 Å². The maximum absolute atomic E-state index is 5.36. The number of benzene rings is 9. The van der Waals surface area contributed by atoms with Crippen molar-refractivity contribution in [3.63, 3.8) is 0 Å². The predicted molar refractivity (Wildman–Crippen MR) is 219 cm³/mol. The van der Waals surface area contributed by atoms with Gasteiger partial charge in [0.05, 0.1) is 11.4 Å². The number of aromatic nitrogens is 2. The van der Waals surface area contributed by atoms with E-state index in [1.807, 2.05) is 0 Å². The van der Waals surface area contributed by atoms with E-state index in [0.29, 0.717) is 5.82 Å². The molecule has 0 amide bonds. The van der Waals surface area contributed by atoms with Gasteiger partial charge in [-0.25, -0.2) is 9.97 Å². The highest BCUT2D eigenvalue weighted by molar-refractivity contribution is 6.07. The molecule has 0 aliphatic heterocycles. The molecule has 1 heterocycles. The first-order valence-corrected chi connectivity index (χ1v) is 17.7. The van der Waals surface area contributed by atoms with Crippen LogP contribution in [0.2, 0.25) is 0 Å². The van der Waals surface area contributed by atoms with Gasteiger partial charge in [0, 0.05) is 16.7 Å². The Bertz CT molecular complexity index is 2950. The standard InChI is InChI=1S/C50H32N2/c1-2-12-35(13-3-1)44-23-10-18-36-19-11-25-46(49(36)44)48-32-47(45-24-9-17-34-15-5-7-21-42(34)45)51-50(52-48)40-29-27-37-30-39(28-26-38(37)31-40)43-22-8-16-33-14-4-6-20-41(33)43/h1-32H. The van der Waals surface area contributed by atoms with Gasteiger partial charge in [-0.3, -0.25) is 0 Å². The van der Waals surface area contributed by atoms with E-state index in [4.69, 9.17) is 9.97 Å². The molecule has 0 spiro atoms. The lowest BCUT2D eigenvalue weighted by molar-refractivity contribution is 1.19. The Hall–Kier alpha value is -6.90. The molecule has 10 rings (SSSR count). The molecule has 1 aromatic heterocycles. The third-order valence-corrected chi connectivity index (χ3v) is 10.3. The molecule has 0 aliphatic rings. The monoisotopic (exact) mass is 660 g/mol. The van der Waals surface area contributed by atoms with Crippen molar-refractivity contribution in [2.24, 2.45) is 0 Å². The number of hydrogen-bond acceptors (Lipinski definition) is 2. The molecule has 0 bridgehead atoms. The molecule has 0 fully saturated rings. The molecule has 2 heteroatoms. The van der Waals surface area contributed by atoms with Crippen molar-refractivity contribution in [3.8, 4) is 56.2 Å². The van der Waals surface area contributed by atoms with Crippen LogP contribution in [0.4, 0.5) is 0 Å². The van der Waals surface area contributed by atoms with Crippen LogP contribution in [0.25, 0.3) is 99.2 Å². The predicted octanol–water partition coefficient (Wildman–Crippen LogP) is 13.4. The summed E-state index contributed by atoms with van der Waals surface area (Å²) in [6.07, 6.45) is 0. The smallest absolute Gasteiger partial charge is 0.160 e. The lowest BCUT2D eigenvalue weighted by Gasteiger charge is -2.15. The van der Waals surface area contributed by atoms with Crippen molar-refractivity contribution in [1.82, 2.24) is 9.97 Å². The lowest BCUT2D eigenvalue weighted by Crippen LogP contribution is -1.97. The summed E-state index contributed by atoms with van der Waals surface area (Å²) in [7, 11) is 0. The van der Waals surface area contributed by atoms with E-state index in [-0.39, 0.29) is 0 Å². The normalized spacial score (nSPS) is 11.5. The van der Waals surface area contributed by atoms with Crippen LogP contribution in [-0.2, 0) is 0 Å². The molecule has 0 N–H and O–H groups in total. The first-order chi connectivity index (χ1) is 25.8. The van der Waals surface area contributed by atoms with E-state index in [9.17, 15) is 0 Å². The van der Waals surface area contributed by atoms with Crippen LogP contribution in [-0.4, -0.2) is 9.97 Å². The number of hydrogen-bond donors (Lipinski definition) is 0. The fourth-order valence-electron chi connectivity index (χ4n) is 7.74. The Morgan fingerprint density at radius 3 is 1.48 bits per heavy atom. The highest BCUT2D eigenvalue weighted by Crippen LogP contribution is 2.39. The average molecular weight is 661 g/mol. The topological polar surface area (TPSA) is 25.8 Å². The summed E-state index contributed by atoms with van der Waals surface area (Å²) in [5.74, 6) is 0.703. The van der Waals surface area contributed by atoms with Crippen LogP contribution in [0.5, 0.6) is 0 Å². The third-order valence-electron chi connectivity index (χ3n) is 10.3. The van der Waals surface area contributed by atoms with Gasteiger partial charge in [0.2, 0.25) is 0 Å². The van der Waals surface area contributed by atoms with E-state index in [1.54, 1.807) is 0 Å². The van der Waals surface area contributed by atoms with Crippen molar-refractivity contribution >= 4 is 43.1 Å². The van der Waals surface area contributed by atoms with Crippen LogP contribution in [0.15, 0.2) is 194 Å². The minimum absolute atomic E-state index is 0.703. The maximum Gasteiger partial charge on any atom is 0.160 e. The van der Waals surface area contributed by atoms with Crippen LogP contribution in [0.1, 0.15) is 0 Å². The van der Waals surface area contributed by atoms with E-state index in [2.05, 4.69) is 194 Å². The summed E-state index contributed by atoms with van der Waals surface area (Å²) in [4.78, 5) is 10.7. The van der Waals surface area contributed by atoms with Gasteiger partial charge in [0.15, 0.2) is 5.82 Å². The second kappa shape index (κ2) is 12.5. The molecule has 2 nitrogen and oxygen atoms in total. The Morgan fingerprint density at radius 1 is 0.269 bits per heavy atom. The second-order valence-electron chi connectivity index (χ2n) is 13.4. The first kappa shape index (κ1) is 30.0. The number of nitrogens with zero attached hydrogens (tertiary/aromatic N) is 2. The Morgan fingerprint density at radius 2 is 0.769 bits per heavy atom. The van der Waals surface area contributed by atoms with Gasteiger partial charge in [0.25, 0.3) is 0 Å². The minimum Gasteiger partial charge on any atom is -0.228 e. The molecule has 0 saturated heterocycles. The zero-order chi connectivity index (χ0) is 34.4. The third kappa shape index (κ3) is 5.21. The molecule has 52 heavy (non-hydrogen) atoms. The molecule has 0 radical (unpaired) electrons. The summed E-state index contributed by atoms with van der Waals surface area (Å²) in [6, 6.07) is 69.3. The zero-order valence-corrected chi connectivity index (χ0v) is 28.4. The maximum atomic E-state index is 5.36. The van der Waals surface area contributed by atoms with Gasteiger partial charge in [-0.15, -0.1) is 0 Å². The largest absolute Gasteiger partial charge is 0.228 e. The molecule has 9 aromatic carbocycles. The quantitative estimate of drug-likeness (QED) is 0.184. The molecular weight excluding hydrogens is 629 g/mol. The second-order valence-corrected chi connectivity index (χ2v) is 13.4. The average Bonchev–Trinajstić information content (AvgIpc) is 3.22. The Labute approximate surface area is 302 Å². The van der Waals surface area contributed by atoms with Crippen LogP contribution >= 0.6 is 0 Å². The first-order valence-electron chi connectivity index (χ1n) is 17.7. The van der Waals surface area contributed by atoms with Crippen LogP contribution in [0.3, 0.4) is 0 Å². The summed E-state index contributed by atoms with van der Waals surface area (Å²) in [6.45, 7) is 0. The molecule has 10 aromatic rings. The van der Waals surface area contributed by atoms with E-state index < -0.39 is 0 Å². The van der Waals surface area contributed by atoms with E-state index in [0.717, 1.165) is 33.5 Å². The highest BCUT2D eigenvalue weighted by atomic mass is 14.9. The zero-order valence-electron chi connectivity index (χ0n) is 28.4. The minimum atomic E-state index is 0.703. The van der Waals surface area contributed by atoms with Crippen molar-refractivity contribution in [1.29, 1.82) is 0 Å². The van der Waals surface area contributed by atoms with Crippen LogP contribution in [0, 0.1) is 0 Å². The molecule has 0 unspecified atom stereocenters. The number of rotatable bonds is 5. The van der Waals surface area contributed by atoms with Crippen LogP contribution < -0.4 is 0 Å². The van der Waals surface area contributed by atoms with Gasteiger partial charge in [0.1, 0.15) is 0 Å². The molecule has 0 atom stereocenters. The van der Waals surface area contributed by atoms with E-state index >= 15 is 0 Å². The van der Waals surface area contributed by atoms with Gasteiger partial charge in [-0.2, -0.15) is 0 Å². The molecular formula is C50H32N2. The van der Waals surface area contributed by atoms with E-state index in [1.165, 1.54) is 60.0 Å². The molecule has 0 saturated carbocycles. The molecule has 0 aliphatic carbocycles. The highest BCUT2D eigenvalue weighted by Gasteiger charge is 2.17. The van der Waals surface area contributed by atoms with Gasteiger partial charge < -0.3 is 0 Å². The van der Waals surface area contributed by atoms with Gasteiger partial charge >= 0.3 is 0 Å². The fraction of sp³-hybridized carbons (Fsp3) is 0. The summed E-state index contributed by atoms with van der Waals surface area (Å²) in [5.41, 5.74) is 9.77. The Balaban J connectivity index is 1.17. The summed E-state index contributed by atoms with van der Waals surface area (Å²) in [5, 5.41) is 9.56. The van der Waals surface area contributed by atoms with Crippen molar-refractivity contribution in [2.45, 2.75) is 0 Å².